The number of β-amino-alcohol motifs (C(OH)–C–C–N with tert-alkyl or cyclic N) is 1. The molecule has 3 atom stereocenters. The minimum Gasteiger partial charge on any atom is -0.484 e. The van der Waals surface area contributed by atoms with Crippen LogP contribution < -0.4 is 26.0 Å². The molecule has 3 aromatic heterocycles. The number of aliphatic hydroxyl groups excluding tert-OH is 1. The number of anilines is 1. The fourth-order valence-corrected chi connectivity index (χ4v) is 7.13. The van der Waals surface area contributed by atoms with E-state index in [1.807, 2.05) is 66.5 Å². The van der Waals surface area contributed by atoms with E-state index in [9.17, 15) is 9.90 Å². The van der Waals surface area contributed by atoms with Gasteiger partial charge < -0.3 is 25.8 Å². The highest BCUT2D eigenvalue weighted by molar-refractivity contribution is 6.05. The summed E-state index contributed by atoms with van der Waals surface area (Å²) in [4.78, 5) is 22.8. The molecule has 4 aromatic rings. The number of piperidine rings is 1. The highest BCUT2D eigenvalue weighted by Gasteiger charge is 2.30. The highest BCUT2D eigenvalue weighted by Crippen LogP contribution is 2.39. The molecule has 2 amide bonds. The van der Waals surface area contributed by atoms with E-state index in [1.54, 1.807) is 12.3 Å². The van der Waals surface area contributed by atoms with Gasteiger partial charge in [-0.2, -0.15) is 5.10 Å². The summed E-state index contributed by atoms with van der Waals surface area (Å²) in [5, 5.41) is 29.3. The first-order valence-corrected chi connectivity index (χ1v) is 18.5. The van der Waals surface area contributed by atoms with Crippen LogP contribution in [0.15, 0.2) is 71.8 Å². The van der Waals surface area contributed by atoms with Crippen molar-refractivity contribution >= 4 is 29.1 Å². The van der Waals surface area contributed by atoms with Gasteiger partial charge in [0.2, 0.25) is 5.95 Å². The summed E-state index contributed by atoms with van der Waals surface area (Å²) in [6.45, 7) is 11.0. The number of ether oxygens (including phenoxy) is 1. The molecule has 2 aliphatic heterocycles. The van der Waals surface area contributed by atoms with Crippen molar-refractivity contribution in [2.45, 2.75) is 84.1 Å². The second kappa shape index (κ2) is 15.3. The van der Waals surface area contributed by atoms with E-state index in [-0.39, 0.29) is 29.7 Å². The SMILES string of the molecule is CC(C)(C)C(N)=CC(=Nc1cnn(CCN2CCC(O)C2)c1)NC(=O)NC1CCC(Oc2ccc3nnc(N4CCCCC4)n3c2)c2ccccc21. The maximum absolute atomic E-state index is 13.6. The molecule has 14 heteroatoms. The molecule has 3 unspecified atom stereocenters. The summed E-state index contributed by atoms with van der Waals surface area (Å²) >= 11 is 0. The van der Waals surface area contributed by atoms with E-state index in [4.69, 9.17) is 15.5 Å². The molecule has 2 saturated heterocycles. The van der Waals surface area contributed by atoms with Crippen LogP contribution in [0.3, 0.4) is 0 Å². The van der Waals surface area contributed by atoms with E-state index >= 15 is 0 Å². The third-order valence-electron chi connectivity index (χ3n) is 10.2. The molecule has 52 heavy (non-hydrogen) atoms. The van der Waals surface area contributed by atoms with Gasteiger partial charge in [-0.15, -0.1) is 10.2 Å². The Bertz CT molecular complexity index is 1920. The number of nitrogens with one attached hydrogen (secondary N) is 2. The summed E-state index contributed by atoms with van der Waals surface area (Å²) < 4.78 is 10.5. The summed E-state index contributed by atoms with van der Waals surface area (Å²) in [6, 6.07) is 11.4. The second-order valence-corrected chi connectivity index (χ2v) is 15.2. The zero-order chi connectivity index (χ0) is 36.2. The molecule has 14 nitrogen and oxygen atoms in total. The summed E-state index contributed by atoms with van der Waals surface area (Å²) in [5.74, 6) is 1.93. The Morgan fingerprint density at radius 3 is 2.60 bits per heavy atom. The lowest BCUT2D eigenvalue weighted by Crippen LogP contribution is -2.42. The van der Waals surface area contributed by atoms with Crippen LogP contribution in [0.25, 0.3) is 5.65 Å². The monoisotopic (exact) mass is 709 g/mol. The predicted octanol–water partition coefficient (Wildman–Crippen LogP) is 4.86. The number of nitrogens with zero attached hydrogens (tertiary/aromatic N) is 8. The molecule has 276 valence electrons. The highest BCUT2D eigenvalue weighted by atomic mass is 16.5. The number of fused-ring (bicyclic) bond motifs is 2. The van der Waals surface area contributed by atoms with Crippen molar-refractivity contribution in [3.05, 3.63) is 77.9 Å². The van der Waals surface area contributed by atoms with E-state index in [0.29, 0.717) is 43.2 Å². The van der Waals surface area contributed by atoms with Crippen molar-refractivity contribution in [1.29, 1.82) is 0 Å². The van der Waals surface area contributed by atoms with E-state index in [2.05, 4.69) is 47.9 Å². The number of hydrogen-bond acceptors (Lipinski definition) is 10. The molecule has 1 aromatic carbocycles. The lowest BCUT2D eigenvalue weighted by molar-refractivity contribution is 0.171. The number of urea groups is 1. The number of hydrogen-bond donors (Lipinski definition) is 4. The molecular formula is C38H51N11O3. The number of amidine groups is 1. The lowest BCUT2D eigenvalue weighted by atomic mass is 9.85. The Hall–Kier alpha value is -4.95. The molecule has 1 aliphatic carbocycles. The number of carbonyl (C=O) groups excluding carboxylic acids is 1. The number of aromatic nitrogens is 5. The Labute approximate surface area is 304 Å². The normalized spacial score (nSPS) is 21.7. The van der Waals surface area contributed by atoms with Gasteiger partial charge in [-0.3, -0.25) is 19.3 Å². The van der Waals surface area contributed by atoms with Gasteiger partial charge in [0.25, 0.3) is 0 Å². The standard InChI is InChI=1S/C38H51N11O3/c1-38(2,3)33(39)21-34(41-26-22-40-48(23-26)20-19-46-18-15-27(50)24-46)43-36(51)42-31-12-13-32(30-10-6-5-9-29(30)31)52-28-11-14-35-44-45-37(49(35)25-28)47-16-7-4-8-17-47/h5-6,9-11,14,21-23,25,27,31-32,50H,4,7-8,12-13,15-20,24,39H2,1-3H3,(H2,41,42,43,51). The van der Waals surface area contributed by atoms with Crippen LogP contribution in [0, 0.1) is 5.41 Å². The number of aliphatic hydroxyl groups is 1. The zero-order valence-electron chi connectivity index (χ0n) is 30.4. The largest absolute Gasteiger partial charge is 0.484 e. The van der Waals surface area contributed by atoms with Crippen LogP contribution in [-0.2, 0) is 6.54 Å². The fraction of sp³-hybridized carbons (Fsp3) is 0.500. The van der Waals surface area contributed by atoms with Gasteiger partial charge in [0, 0.05) is 49.9 Å². The van der Waals surface area contributed by atoms with Crippen molar-refractivity contribution in [1.82, 2.24) is 39.9 Å². The lowest BCUT2D eigenvalue weighted by Gasteiger charge is -2.32. The third kappa shape index (κ3) is 8.39. The van der Waals surface area contributed by atoms with Gasteiger partial charge >= 0.3 is 6.03 Å². The van der Waals surface area contributed by atoms with Crippen LogP contribution >= 0.6 is 0 Å². The number of likely N-dealkylation sites (tertiary alicyclic amines) is 1. The van der Waals surface area contributed by atoms with Gasteiger partial charge in [-0.05, 0) is 61.8 Å². The Balaban J connectivity index is 1.04. The molecule has 5 heterocycles. The number of nitrogens with two attached hydrogens (primary N) is 1. The fourth-order valence-electron chi connectivity index (χ4n) is 7.13. The first-order chi connectivity index (χ1) is 25.1. The maximum Gasteiger partial charge on any atom is 0.320 e. The second-order valence-electron chi connectivity index (χ2n) is 15.2. The molecule has 0 bridgehead atoms. The number of amides is 2. The zero-order valence-corrected chi connectivity index (χ0v) is 30.4. The van der Waals surface area contributed by atoms with Crippen molar-refractivity contribution in [2.24, 2.45) is 16.1 Å². The van der Waals surface area contributed by atoms with Crippen molar-refractivity contribution in [3.8, 4) is 5.75 Å². The number of benzene rings is 1. The first kappa shape index (κ1) is 35.5. The van der Waals surface area contributed by atoms with E-state index in [0.717, 1.165) is 73.9 Å². The predicted molar refractivity (Wildman–Crippen MR) is 201 cm³/mol. The van der Waals surface area contributed by atoms with Crippen LogP contribution in [0.5, 0.6) is 5.75 Å². The van der Waals surface area contributed by atoms with Gasteiger partial charge in [0.05, 0.1) is 37.3 Å². The average Bonchev–Trinajstić information content (AvgIpc) is 3.88. The minimum absolute atomic E-state index is 0.177. The van der Waals surface area contributed by atoms with Crippen molar-refractivity contribution in [2.75, 3.05) is 37.6 Å². The number of rotatable bonds is 9. The topological polar surface area (TPSA) is 163 Å². The Morgan fingerprint density at radius 1 is 1.02 bits per heavy atom. The van der Waals surface area contributed by atoms with Crippen LogP contribution in [0.2, 0.25) is 0 Å². The molecule has 5 N–H and O–H groups in total. The molecule has 0 saturated carbocycles. The van der Waals surface area contributed by atoms with Gasteiger partial charge in [0.15, 0.2) is 5.65 Å². The molecule has 7 rings (SSSR count). The quantitative estimate of drug-likeness (QED) is 0.141. The number of pyridine rings is 1. The maximum atomic E-state index is 13.6. The first-order valence-electron chi connectivity index (χ1n) is 18.5. The number of allylic oxidation sites excluding steroid dienone is 1. The smallest absolute Gasteiger partial charge is 0.320 e. The molecule has 0 radical (unpaired) electrons. The van der Waals surface area contributed by atoms with Gasteiger partial charge in [-0.25, -0.2) is 9.79 Å². The van der Waals surface area contributed by atoms with E-state index in [1.165, 1.54) is 6.42 Å². The molecule has 0 spiro atoms. The molecular weight excluding hydrogens is 658 g/mol. The Morgan fingerprint density at radius 2 is 1.83 bits per heavy atom. The van der Waals surface area contributed by atoms with Crippen LogP contribution in [0.4, 0.5) is 16.4 Å². The number of carbonyl (C=O) groups is 1. The molecule has 3 aliphatic rings. The summed E-state index contributed by atoms with van der Waals surface area (Å²) in [6.07, 6.45) is 12.6. The summed E-state index contributed by atoms with van der Waals surface area (Å²) in [5.41, 5.74) is 10.2. The minimum atomic E-state index is -0.376. The Kier molecular flexibility index (Phi) is 10.5. The van der Waals surface area contributed by atoms with Gasteiger partial charge in [-0.1, -0.05) is 45.0 Å². The third-order valence-corrected chi connectivity index (χ3v) is 10.2. The van der Waals surface area contributed by atoms with Crippen molar-refractivity contribution in [3.63, 3.8) is 0 Å². The van der Waals surface area contributed by atoms with Crippen molar-refractivity contribution < 1.29 is 14.6 Å². The van der Waals surface area contributed by atoms with E-state index < -0.39 is 0 Å². The van der Waals surface area contributed by atoms with Crippen LogP contribution in [-0.4, -0.2) is 85.1 Å². The van der Waals surface area contributed by atoms with Gasteiger partial charge in [0.1, 0.15) is 23.4 Å². The molecule has 2 fully saturated rings. The summed E-state index contributed by atoms with van der Waals surface area (Å²) in [7, 11) is 0. The number of aliphatic imine (C=N–C) groups is 1. The van der Waals surface area contributed by atoms with Crippen LogP contribution in [0.1, 0.15) is 82.6 Å². The average molecular weight is 710 g/mol.